The summed E-state index contributed by atoms with van der Waals surface area (Å²) in [6.45, 7) is 0.640. The predicted molar refractivity (Wildman–Crippen MR) is 74.6 cm³/mol. The van der Waals surface area contributed by atoms with Gasteiger partial charge in [-0.15, -0.1) is 0 Å². The highest BCUT2D eigenvalue weighted by atomic mass is 32.2. The lowest BCUT2D eigenvalue weighted by atomic mass is 10.2. The van der Waals surface area contributed by atoms with Crippen LogP contribution in [0.2, 0.25) is 0 Å². The van der Waals surface area contributed by atoms with Crippen LogP contribution in [-0.4, -0.2) is 44.6 Å². The number of hydrogen-bond acceptors (Lipinski definition) is 4. The van der Waals surface area contributed by atoms with Gasteiger partial charge in [-0.25, -0.2) is 13.1 Å². The van der Waals surface area contributed by atoms with Crippen LogP contribution in [0.4, 0.5) is 0 Å². The first-order chi connectivity index (χ1) is 9.52. The summed E-state index contributed by atoms with van der Waals surface area (Å²) in [5.74, 6) is 0.753. The molecule has 1 aliphatic rings. The average Bonchev–Trinajstić information content (AvgIpc) is 3.06. The molecule has 1 aromatic rings. The van der Waals surface area contributed by atoms with Gasteiger partial charge in [0.15, 0.2) is 0 Å². The van der Waals surface area contributed by atoms with E-state index in [0.717, 1.165) is 18.6 Å². The summed E-state index contributed by atoms with van der Waals surface area (Å²) in [5, 5.41) is 0. The lowest BCUT2D eigenvalue weighted by Gasteiger charge is -2.24. The topological polar surface area (TPSA) is 79.6 Å². The monoisotopic (exact) mass is 300 g/mol. The molecule has 0 unspecified atom stereocenters. The van der Waals surface area contributed by atoms with Crippen LogP contribution in [0.25, 0.3) is 0 Å². The van der Waals surface area contributed by atoms with Crippen LogP contribution in [0, 0.1) is 0 Å². The first-order valence-electron chi connectivity index (χ1n) is 6.75. The van der Waals surface area contributed by atoms with Gasteiger partial charge < -0.3 is 9.32 Å². The maximum atomic E-state index is 12.2. The number of aryl methyl sites for hydroxylation is 1. The quantitative estimate of drug-likeness (QED) is 0.841. The van der Waals surface area contributed by atoms with E-state index >= 15 is 0 Å². The van der Waals surface area contributed by atoms with E-state index in [-0.39, 0.29) is 17.7 Å². The third-order valence-corrected chi connectivity index (χ3v) is 5.03. The van der Waals surface area contributed by atoms with E-state index in [4.69, 9.17) is 4.42 Å². The molecule has 1 N–H and O–H groups in total. The molecule has 1 saturated heterocycles. The third-order valence-electron chi connectivity index (χ3n) is 3.59. The molecule has 0 saturated carbocycles. The van der Waals surface area contributed by atoms with E-state index in [2.05, 4.69) is 4.72 Å². The summed E-state index contributed by atoms with van der Waals surface area (Å²) in [4.78, 5) is 13.9. The van der Waals surface area contributed by atoms with Crippen LogP contribution in [-0.2, 0) is 21.2 Å². The van der Waals surface area contributed by atoms with Gasteiger partial charge in [0.2, 0.25) is 15.9 Å². The van der Waals surface area contributed by atoms with Crippen molar-refractivity contribution in [3.05, 3.63) is 24.2 Å². The Morgan fingerprint density at radius 1 is 1.55 bits per heavy atom. The Bertz CT molecular complexity index is 539. The second-order valence-electron chi connectivity index (χ2n) is 4.95. The van der Waals surface area contributed by atoms with Crippen LogP contribution in [0.5, 0.6) is 0 Å². The second-order valence-corrected chi connectivity index (χ2v) is 6.92. The minimum atomic E-state index is -3.29. The Labute approximate surface area is 119 Å². The van der Waals surface area contributed by atoms with Crippen LogP contribution < -0.4 is 4.72 Å². The Balaban J connectivity index is 1.91. The molecule has 1 atom stereocenters. The molecule has 2 rings (SSSR count). The van der Waals surface area contributed by atoms with Crippen molar-refractivity contribution >= 4 is 15.9 Å². The lowest BCUT2D eigenvalue weighted by Crippen LogP contribution is -2.41. The number of rotatable bonds is 6. The lowest BCUT2D eigenvalue weighted by molar-refractivity contribution is -0.131. The zero-order chi connectivity index (χ0) is 14.6. The number of carbonyl (C=O) groups is 1. The Hall–Kier alpha value is -1.34. The Morgan fingerprint density at radius 2 is 2.35 bits per heavy atom. The fourth-order valence-electron chi connectivity index (χ4n) is 2.50. The first kappa shape index (κ1) is 15.1. The number of likely N-dealkylation sites (tertiary alicyclic amines) is 1. The van der Waals surface area contributed by atoms with Crippen molar-refractivity contribution in [2.75, 3.05) is 19.3 Å². The number of amides is 1. The number of carbonyl (C=O) groups excluding carboxylic acids is 1. The highest BCUT2D eigenvalue weighted by Gasteiger charge is 2.31. The highest BCUT2D eigenvalue weighted by Crippen LogP contribution is 2.20. The standard InChI is InChI=1S/C13H20N2O4S/c1-14-20(17,18)10-11-4-2-8-15(11)13(16)7-6-12-5-3-9-19-12/h3,5,9,11,14H,2,4,6-8,10H2,1H3/t11-/m0/s1. The number of hydrogen-bond donors (Lipinski definition) is 1. The number of nitrogens with zero attached hydrogens (tertiary/aromatic N) is 1. The van der Waals surface area contributed by atoms with Crippen LogP contribution in [0.15, 0.2) is 22.8 Å². The summed E-state index contributed by atoms with van der Waals surface area (Å²) >= 11 is 0. The van der Waals surface area contributed by atoms with E-state index in [1.807, 2.05) is 6.07 Å². The Kier molecular flexibility index (Phi) is 4.82. The molecule has 0 spiro atoms. The molecule has 0 aliphatic carbocycles. The second kappa shape index (κ2) is 6.41. The number of sulfonamides is 1. The molecule has 6 nitrogen and oxygen atoms in total. The Morgan fingerprint density at radius 3 is 3.00 bits per heavy atom. The van der Waals surface area contributed by atoms with E-state index in [1.54, 1.807) is 17.2 Å². The number of nitrogens with one attached hydrogen (secondary N) is 1. The molecular formula is C13H20N2O4S. The van der Waals surface area contributed by atoms with Crippen molar-refractivity contribution in [1.29, 1.82) is 0 Å². The third kappa shape index (κ3) is 3.83. The molecule has 1 amide bonds. The normalized spacial score (nSPS) is 19.4. The first-order valence-corrected chi connectivity index (χ1v) is 8.40. The van der Waals surface area contributed by atoms with Gasteiger partial charge in [0, 0.05) is 25.4 Å². The minimum Gasteiger partial charge on any atom is -0.469 e. The zero-order valence-electron chi connectivity index (χ0n) is 11.5. The van der Waals surface area contributed by atoms with Crippen molar-refractivity contribution in [1.82, 2.24) is 9.62 Å². The van der Waals surface area contributed by atoms with Gasteiger partial charge in [-0.1, -0.05) is 0 Å². The molecular weight excluding hydrogens is 280 g/mol. The average molecular weight is 300 g/mol. The molecule has 112 valence electrons. The van der Waals surface area contributed by atoms with Gasteiger partial charge in [0.25, 0.3) is 0 Å². The maximum absolute atomic E-state index is 12.2. The van der Waals surface area contributed by atoms with Crippen LogP contribution >= 0.6 is 0 Å². The maximum Gasteiger partial charge on any atom is 0.223 e. The highest BCUT2D eigenvalue weighted by molar-refractivity contribution is 7.89. The molecule has 0 radical (unpaired) electrons. The molecule has 0 bridgehead atoms. The molecule has 1 aliphatic heterocycles. The molecule has 0 aromatic carbocycles. The van der Waals surface area contributed by atoms with Gasteiger partial charge in [0.05, 0.1) is 12.0 Å². The van der Waals surface area contributed by atoms with Crippen molar-refractivity contribution in [3.63, 3.8) is 0 Å². The fourth-order valence-corrected chi connectivity index (χ4v) is 3.52. The van der Waals surface area contributed by atoms with E-state index in [1.165, 1.54) is 7.05 Å². The van der Waals surface area contributed by atoms with Crippen LogP contribution in [0.3, 0.4) is 0 Å². The van der Waals surface area contributed by atoms with E-state index in [0.29, 0.717) is 19.4 Å². The molecule has 2 heterocycles. The van der Waals surface area contributed by atoms with Gasteiger partial charge in [-0.05, 0) is 32.0 Å². The minimum absolute atomic E-state index is 0.00444. The van der Waals surface area contributed by atoms with Crippen molar-refractivity contribution in [3.8, 4) is 0 Å². The summed E-state index contributed by atoms with van der Waals surface area (Å²) in [7, 11) is -1.89. The fraction of sp³-hybridized carbons (Fsp3) is 0.615. The predicted octanol–water partition coefficient (Wildman–Crippen LogP) is 0.752. The summed E-state index contributed by atoms with van der Waals surface area (Å²) in [6, 6.07) is 3.41. The SMILES string of the molecule is CNS(=O)(=O)C[C@@H]1CCCN1C(=O)CCc1ccco1. The molecule has 7 heteroatoms. The van der Waals surface area contributed by atoms with Crippen molar-refractivity contribution in [2.45, 2.75) is 31.7 Å². The molecule has 1 aromatic heterocycles. The van der Waals surface area contributed by atoms with Crippen LogP contribution in [0.1, 0.15) is 25.0 Å². The van der Waals surface area contributed by atoms with E-state index < -0.39 is 10.0 Å². The van der Waals surface area contributed by atoms with Gasteiger partial charge in [-0.3, -0.25) is 4.79 Å². The van der Waals surface area contributed by atoms with Crippen molar-refractivity contribution < 1.29 is 17.6 Å². The summed E-state index contributed by atoms with van der Waals surface area (Å²) in [5.41, 5.74) is 0. The zero-order valence-corrected chi connectivity index (χ0v) is 12.4. The summed E-state index contributed by atoms with van der Waals surface area (Å²) in [6.07, 6.45) is 4.08. The van der Waals surface area contributed by atoms with Gasteiger partial charge in [0.1, 0.15) is 5.76 Å². The molecule has 20 heavy (non-hydrogen) atoms. The van der Waals surface area contributed by atoms with E-state index in [9.17, 15) is 13.2 Å². The van der Waals surface area contributed by atoms with Gasteiger partial charge >= 0.3 is 0 Å². The summed E-state index contributed by atoms with van der Waals surface area (Å²) < 4.78 is 30.7. The largest absolute Gasteiger partial charge is 0.469 e. The number of furan rings is 1. The van der Waals surface area contributed by atoms with Gasteiger partial charge in [-0.2, -0.15) is 0 Å². The van der Waals surface area contributed by atoms with Crippen molar-refractivity contribution in [2.24, 2.45) is 0 Å². The molecule has 1 fully saturated rings. The smallest absolute Gasteiger partial charge is 0.223 e.